The molecule has 1 aliphatic rings. The second kappa shape index (κ2) is 6.33. The molecule has 0 amide bonds. The van der Waals surface area contributed by atoms with Gasteiger partial charge in [0, 0.05) is 19.7 Å². The van der Waals surface area contributed by atoms with Crippen molar-refractivity contribution in [3.8, 4) is 0 Å². The number of ether oxygens (including phenoxy) is 2. The molecule has 1 aliphatic heterocycles. The van der Waals surface area contributed by atoms with E-state index in [0.29, 0.717) is 24.7 Å². The monoisotopic (exact) mass is 311 g/mol. The van der Waals surface area contributed by atoms with Crippen LogP contribution in [-0.2, 0) is 22.6 Å². The highest BCUT2D eigenvalue weighted by Crippen LogP contribution is 2.30. The first-order valence-electron chi connectivity index (χ1n) is 6.14. The minimum atomic E-state index is -4.35. The Bertz CT molecular complexity index is 441. The summed E-state index contributed by atoms with van der Waals surface area (Å²) in [4.78, 5) is 1.72. The van der Waals surface area contributed by atoms with Crippen molar-refractivity contribution in [1.82, 2.24) is 15.1 Å². The van der Waals surface area contributed by atoms with E-state index < -0.39 is 18.3 Å². The van der Waals surface area contributed by atoms with E-state index in [4.69, 9.17) is 9.47 Å². The largest absolute Gasteiger partial charge is 0.416 e. The Morgan fingerprint density at radius 3 is 2.75 bits per heavy atom. The van der Waals surface area contributed by atoms with Gasteiger partial charge >= 0.3 is 6.18 Å². The number of nitrogens with zero attached hydrogens (tertiary/aromatic N) is 3. The average molecular weight is 311 g/mol. The molecule has 1 fully saturated rings. The highest BCUT2D eigenvalue weighted by Gasteiger charge is 2.47. The van der Waals surface area contributed by atoms with Crippen LogP contribution in [0.4, 0.5) is 13.2 Å². The van der Waals surface area contributed by atoms with Gasteiger partial charge < -0.3 is 9.47 Å². The van der Waals surface area contributed by atoms with Gasteiger partial charge in [0.1, 0.15) is 10.0 Å². The zero-order chi connectivity index (χ0) is 14.8. The van der Waals surface area contributed by atoms with E-state index in [2.05, 4.69) is 10.2 Å². The molecule has 2 unspecified atom stereocenters. The van der Waals surface area contributed by atoms with Crippen molar-refractivity contribution in [3.63, 3.8) is 0 Å². The van der Waals surface area contributed by atoms with Crippen molar-refractivity contribution in [2.24, 2.45) is 0 Å². The number of hydrogen-bond acceptors (Lipinski definition) is 6. The maximum absolute atomic E-state index is 12.8. The van der Waals surface area contributed by atoms with Gasteiger partial charge in [0.15, 0.2) is 6.10 Å². The molecule has 9 heteroatoms. The third-order valence-corrected chi connectivity index (χ3v) is 4.01. The Morgan fingerprint density at radius 1 is 1.40 bits per heavy atom. The molecule has 114 valence electrons. The topological polar surface area (TPSA) is 47.5 Å². The lowest BCUT2D eigenvalue weighted by Gasteiger charge is -2.39. The minimum absolute atomic E-state index is 0.0677. The number of halogens is 3. The summed E-state index contributed by atoms with van der Waals surface area (Å²) >= 11 is 1.35. The van der Waals surface area contributed by atoms with Crippen LogP contribution in [0, 0.1) is 0 Å². The molecular weight excluding hydrogens is 295 g/mol. The molecule has 0 radical (unpaired) electrons. The molecule has 20 heavy (non-hydrogen) atoms. The van der Waals surface area contributed by atoms with Crippen LogP contribution in [0.1, 0.15) is 16.9 Å². The molecule has 0 N–H and O–H groups in total. The highest BCUT2D eigenvalue weighted by molar-refractivity contribution is 7.11. The zero-order valence-corrected chi connectivity index (χ0v) is 12.0. The lowest BCUT2D eigenvalue weighted by atomic mass is 10.1. The predicted octanol–water partition coefficient (Wildman–Crippen LogP) is 1.84. The van der Waals surface area contributed by atoms with Crippen molar-refractivity contribution in [3.05, 3.63) is 10.0 Å². The van der Waals surface area contributed by atoms with Crippen LogP contribution in [-0.4, -0.2) is 53.7 Å². The lowest BCUT2D eigenvalue weighted by molar-refractivity contribution is -0.252. The average Bonchev–Trinajstić information content (AvgIpc) is 2.78. The van der Waals surface area contributed by atoms with Gasteiger partial charge in [-0.1, -0.05) is 11.3 Å². The summed E-state index contributed by atoms with van der Waals surface area (Å²) in [5.74, 6) is 0. The fourth-order valence-electron chi connectivity index (χ4n) is 2.13. The van der Waals surface area contributed by atoms with Crippen molar-refractivity contribution >= 4 is 11.3 Å². The van der Waals surface area contributed by atoms with Crippen LogP contribution in [0.3, 0.4) is 0 Å². The van der Waals surface area contributed by atoms with Gasteiger partial charge in [-0.2, -0.15) is 13.2 Å². The summed E-state index contributed by atoms with van der Waals surface area (Å²) in [7, 11) is 1.55. The van der Waals surface area contributed by atoms with E-state index in [1.54, 1.807) is 12.0 Å². The molecule has 0 bridgehead atoms. The van der Waals surface area contributed by atoms with Crippen LogP contribution in [0.25, 0.3) is 0 Å². The maximum atomic E-state index is 12.8. The Balaban J connectivity index is 2.00. The molecule has 1 saturated heterocycles. The third-order valence-electron chi connectivity index (χ3n) is 3.13. The van der Waals surface area contributed by atoms with Gasteiger partial charge in [0.05, 0.1) is 19.8 Å². The molecule has 1 aromatic heterocycles. The van der Waals surface area contributed by atoms with E-state index in [1.165, 1.54) is 18.3 Å². The van der Waals surface area contributed by atoms with Gasteiger partial charge in [-0.25, -0.2) is 0 Å². The van der Waals surface area contributed by atoms with Crippen molar-refractivity contribution in [2.75, 3.05) is 20.3 Å². The lowest BCUT2D eigenvalue weighted by Crippen LogP contribution is -2.54. The molecule has 5 nitrogen and oxygen atoms in total. The number of rotatable bonds is 4. The van der Waals surface area contributed by atoms with E-state index >= 15 is 0 Å². The summed E-state index contributed by atoms with van der Waals surface area (Å²) in [5, 5.41) is 9.31. The van der Waals surface area contributed by atoms with E-state index in [9.17, 15) is 13.2 Å². The summed E-state index contributed by atoms with van der Waals surface area (Å²) in [6, 6.07) is -0.737. The first kappa shape index (κ1) is 15.6. The van der Waals surface area contributed by atoms with Crippen LogP contribution in [0.2, 0.25) is 0 Å². The van der Waals surface area contributed by atoms with E-state index in [1.807, 2.05) is 0 Å². The molecule has 1 aromatic rings. The fraction of sp³-hybridized carbons (Fsp3) is 0.818. The summed E-state index contributed by atoms with van der Waals surface area (Å²) in [5.41, 5.74) is 0. The van der Waals surface area contributed by atoms with Gasteiger partial charge in [0.2, 0.25) is 0 Å². The normalized spacial score (nSPS) is 25.1. The smallest absolute Gasteiger partial charge is 0.377 e. The molecule has 0 aromatic carbocycles. The first-order valence-corrected chi connectivity index (χ1v) is 6.96. The van der Waals surface area contributed by atoms with Gasteiger partial charge in [0.25, 0.3) is 0 Å². The predicted molar refractivity (Wildman–Crippen MR) is 66.3 cm³/mol. The number of morpholine rings is 1. The van der Waals surface area contributed by atoms with Gasteiger partial charge in [-0.15, -0.1) is 10.2 Å². The van der Waals surface area contributed by atoms with Crippen LogP contribution in [0.15, 0.2) is 0 Å². The molecule has 0 aliphatic carbocycles. The SMILES string of the molecule is COCc1nnc(CN2CCOC(C(F)(F)F)C2C)s1. The van der Waals surface area contributed by atoms with Crippen molar-refractivity contribution in [2.45, 2.75) is 38.4 Å². The number of aromatic nitrogens is 2. The number of methoxy groups -OCH3 is 1. The number of hydrogen-bond donors (Lipinski definition) is 0. The van der Waals surface area contributed by atoms with Crippen molar-refractivity contribution in [1.29, 1.82) is 0 Å². The standard InChI is InChI=1S/C11H16F3N3O2S/c1-7-10(11(12,13)14)19-4-3-17(7)5-8-15-16-9(20-8)6-18-2/h7,10H,3-6H2,1-2H3. The Morgan fingerprint density at radius 2 is 2.10 bits per heavy atom. The fourth-order valence-corrected chi connectivity index (χ4v) is 2.97. The Kier molecular flexibility index (Phi) is 4.95. The van der Waals surface area contributed by atoms with E-state index in [0.717, 1.165) is 5.01 Å². The molecule has 2 heterocycles. The Labute approximate surface area is 118 Å². The van der Waals surface area contributed by atoms with Crippen molar-refractivity contribution < 1.29 is 22.6 Å². The maximum Gasteiger partial charge on any atom is 0.416 e. The molecule has 2 atom stereocenters. The molecule has 2 rings (SSSR count). The van der Waals surface area contributed by atoms with Gasteiger partial charge in [-0.3, -0.25) is 4.90 Å². The minimum Gasteiger partial charge on any atom is -0.377 e. The summed E-state index contributed by atoms with van der Waals surface area (Å²) < 4.78 is 48.2. The molecular formula is C11H16F3N3O2S. The zero-order valence-electron chi connectivity index (χ0n) is 11.2. The van der Waals surface area contributed by atoms with Crippen LogP contribution < -0.4 is 0 Å². The number of alkyl halides is 3. The second-order valence-corrected chi connectivity index (χ2v) is 5.71. The van der Waals surface area contributed by atoms with Crippen LogP contribution in [0.5, 0.6) is 0 Å². The summed E-state index contributed by atoms with van der Waals surface area (Å²) in [6.45, 7) is 2.75. The molecule has 0 spiro atoms. The van der Waals surface area contributed by atoms with Gasteiger partial charge in [-0.05, 0) is 6.92 Å². The highest BCUT2D eigenvalue weighted by atomic mass is 32.1. The van der Waals surface area contributed by atoms with E-state index in [-0.39, 0.29) is 6.61 Å². The quantitative estimate of drug-likeness (QED) is 0.849. The Hall–Kier alpha value is -0.770. The molecule has 0 saturated carbocycles. The first-order chi connectivity index (χ1) is 9.41. The van der Waals surface area contributed by atoms with Crippen LogP contribution >= 0.6 is 11.3 Å². The summed E-state index contributed by atoms with van der Waals surface area (Å²) in [6.07, 6.45) is -6.09. The third kappa shape index (κ3) is 3.66. The second-order valence-electron chi connectivity index (χ2n) is 4.57.